The second-order valence-corrected chi connectivity index (χ2v) is 3.65. The van der Waals surface area contributed by atoms with Crippen LogP contribution in [0.25, 0.3) is 6.08 Å². The van der Waals surface area contributed by atoms with Gasteiger partial charge in [-0.2, -0.15) is 0 Å². The first-order valence-electron chi connectivity index (χ1n) is 4.31. The molecule has 0 atom stereocenters. The molecule has 0 aromatic carbocycles. The Kier molecular flexibility index (Phi) is 4.59. The zero-order chi connectivity index (χ0) is 11.3. The van der Waals surface area contributed by atoms with Gasteiger partial charge in [0.15, 0.2) is 0 Å². The summed E-state index contributed by atoms with van der Waals surface area (Å²) in [5.74, 6) is -0.0630. The number of rotatable bonds is 3. The zero-order valence-electron chi connectivity index (χ0n) is 8.13. The van der Waals surface area contributed by atoms with Crippen molar-refractivity contribution in [2.24, 2.45) is 0 Å². The van der Waals surface area contributed by atoms with Gasteiger partial charge in [0.25, 0.3) is 0 Å². The highest BCUT2D eigenvalue weighted by Gasteiger charge is 1.97. The fraction of sp³-hybridized carbons (Fsp3) is 0.200. The summed E-state index contributed by atoms with van der Waals surface area (Å²) in [5, 5.41) is 3.34. The molecular formula is C10H10Cl2N2O. The van der Waals surface area contributed by atoms with Crippen LogP contribution in [0.15, 0.2) is 18.3 Å². The Hall–Kier alpha value is -1.06. The van der Waals surface area contributed by atoms with E-state index in [0.29, 0.717) is 11.6 Å². The number of nitrogens with one attached hydrogen (secondary N) is 1. The Morgan fingerprint density at radius 2 is 2.33 bits per heavy atom. The lowest BCUT2D eigenvalue weighted by Crippen LogP contribution is -2.19. The predicted molar refractivity (Wildman–Crippen MR) is 62.0 cm³/mol. The molecule has 1 N–H and O–H groups in total. The van der Waals surface area contributed by atoms with Crippen molar-refractivity contribution in [3.8, 4) is 0 Å². The van der Waals surface area contributed by atoms with Gasteiger partial charge in [-0.05, 0) is 11.6 Å². The summed E-state index contributed by atoms with van der Waals surface area (Å²) in [7, 11) is 0. The number of amides is 1. The maximum Gasteiger partial charge on any atom is 0.217 e. The summed E-state index contributed by atoms with van der Waals surface area (Å²) in [4.78, 5) is 14.4. The number of pyridine rings is 1. The van der Waals surface area contributed by atoms with Crippen LogP contribution in [-0.2, 0) is 4.79 Å². The molecule has 0 aliphatic heterocycles. The first-order valence-corrected chi connectivity index (χ1v) is 5.07. The maximum absolute atomic E-state index is 10.6. The van der Waals surface area contributed by atoms with E-state index in [9.17, 15) is 4.79 Å². The Morgan fingerprint density at radius 3 is 2.93 bits per heavy atom. The third kappa shape index (κ3) is 4.32. The van der Waals surface area contributed by atoms with Gasteiger partial charge in [0.05, 0.1) is 5.02 Å². The van der Waals surface area contributed by atoms with Crippen LogP contribution < -0.4 is 5.32 Å². The highest BCUT2D eigenvalue weighted by Crippen LogP contribution is 2.20. The summed E-state index contributed by atoms with van der Waals surface area (Å²) < 4.78 is 0. The Morgan fingerprint density at radius 1 is 1.60 bits per heavy atom. The van der Waals surface area contributed by atoms with E-state index in [1.54, 1.807) is 12.3 Å². The van der Waals surface area contributed by atoms with Gasteiger partial charge in [-0.3, -0.25) is 4.79 Å². The largest absolute Gasteiger partial charge is 0.353 e. The minimum absolute atomic E-state index is 0.0630. The molecule has 0 radical (unpaired) electrons. The van der Waals surface area contributed by atoms with Gasteiger partial charge >= 0.3 is 0 Å². The van der Waals surface area contributed by atoms with E-state index in [-0.39, 0.29) is 11.1 Å². The van der Waals surface area contributed by atoms with Crippen LogP contribution in [0.3, 0.4) is 0 Å². The lowest BCUT2D eigenvalue weighted by atomic mass is 10.2. The molecule has 5 heteroatoms. The molecule has 80 valence electrons. The lowest BCUT2D eigenvalue weighted by molar-refractivity contribution is -0.118. The van der Waals surface area contributed by atoms with Crippen molar-refractivity contribution in [3.05, 3.63) is 34.1 Å². The van der Waals surface area contributed by atoms with Crippen molar-refractivity contribution in [1.82, 2.24) is 10.3 Å². The topological polar surface area (TPSA) is 42.0 Å². The fourth-order valence-electron chi connectivity index (χ4n) is 0.925. The van der Waals surface area contributed by atoms with Gasteiger partial charge in [-0.1, -0.05) is 35.4 Å². The normalized spacial score (nSPS) is 10.6. The van der Waals surface area contributed by atoms with Crippen LogP contribution in [0.1, 0.15) is 12.5 Å². The van der Waals surface area contributed by atoms with Crippen LogP contribution in [0, 0.1) is 0 Å². The smallest absolute Gasteiger partial charge is 0.217 e. The summed E-state index contributed by atoms with van der Waals surface area (Å²) in [6.45, 7) is 1.95. The molecule has 1 heterocycles. The van der Waals surface area contributed by atoms with Crippen LogP contribution >= 0.6 is 23.2 Å². The number of hydrogen-bond donors (Lipinski definition) is 1. The quantitative estimate of drug-likeness (QED) is 0.831. The van der Waals surface area contributed by atoms with Gasteiger partial charge in [0.1, 0.15) is 5.15 Å². The number of carbonyl (C=O) groups is 1. The van der Waals surface area contributed by atoms with Gasteiger partial charge in [0, 0.05) is 19.7 Å². The minimum Gasteiger partial charge on any atom is -0.353 e. The van der Waals surface area contributed by atoms with Crippen LogP contribution in [-0.4, -0.2) is 17.4 Å². The Labute approximate surface area is 98.1 Å². The van der Waals surface area contributed by atoms with Gasteiger partial charge < -0.3 is 5.32 Å². The average Bonchev–Trinajstić information content (AvgIpc) is 2.18. The molecule has 0 aliphatic carbocycles. The number of aromatic nitrogens is 1. The van der Waals surface area contributed by atoms with E-state index in [0.717, 1.165) is 5.56 Å². The molecule has 0 spiro atoms. The van der Waals surface area contributed by atoms with Crippen molar-refractivity contribution in [2.75, 3.05) is 6.54 Å². The van der Waals surface area contributed by atoms with E-state index in [2.05, 4.69) is 10.3 Å². The molecule has 3 nitrogen and oxygen atoms in total. The third-order valence-electron chi connectivity index (χ3n) is 1.60. The summed E-state index contributed by atoms with van der Waals surface area (Å²) in [5.41, 5.74) is 0.842. The number of hydrogen-bond acceptors (Lipinski definition) is 2. The van der Waals surface area contributed by atoms with Crippen molar-refractivity contribution in [1.29, 1.82) is 0 Å². The van der Waals surface area contributed by atoms with Crippen molar-refractivity contribution in [3.63, 3.8) is 0 Å². The van der Waals surface area contributed by atoms with Gasteiger partial charge in [-0.15, -0.1) is 0 Å². The molecule has 15 heavy (non-hydrogen) atoms. The van der Waals surface area contributed by atoms with Crippen molar-refractivity contribution < 1.29 is 4.79 Å². The van der Waals surface area contributed by atoms with Gasteiger partial charge in [0.2, 0.25) is 5.91 Å². The van der Waals surface area contributed by atoms with Gasteiger partial charge in [-0.25, -0.2) is 4.98 Å². The van der Waals surface area contributed by atoms with Crippen LogP contribution in [0.2, 0.25) is 10.2 Å². The molecule has 0 fully saturated rings. The standard InChI is InChI=1S/C10H10Cl2N2O/c1-7(15)13-4-2-3-8-5-9(11)10(12)14-6-8/h2-3,5-6H,4H2,1H3,(H,13,15). The summed E-state index contributed by atoms with van der Waals surface area (Å²) in [6.07, 6.45) is 5.23. The first-order chi connectivity index (χ1) is 7.09. The first kappa shape index (κ1) is 12.0. The molecule has 1 aromatic heterocycles. The summed E-state index contributed by atoms with van der Waals surface area (Å²) >= 11 is 11.4. The van der Waals surface area contributed by atoms with E-state index < -0.39 is 0 Å². The van der Waals surface area contributed by atoms with E-state index >= 15 is 0 Å². The SMILES string of the molecule is CC(=O)NCC=Cc1cnc(Cl)c(Cl)c1. The number of nitrogens with zero attached hydrogens (tertiary/aromatic N) is 1. The van der Waals surface area contributed by atoms with Crippen molar-refractivity contribution in [2.45, 2.75) is 6.92 Å². The molecule has 1 aromatic rings. The molecule has 1 amide bonds. The number of halogens is 2. The molecule has 0 saturated heterocycles. The molecular weight excluding hydrogens is 235 g/mol. The average molecular weight is 245 g/mol. The second-order valence-electron chi connectivity index (χ2n) is 2.88. The lowest BCUT2D eigenvalue weighted by Gasteiger charge is -1.97. The second kappa shape index (κ2) is 5.73. The maximum atomic E-state index is 10.6. The van der Waals surface area contributed by atoms with Crippen molar-refractivity contribution >= 4 is 35.2 Å². The van der Waals surface area contributed by atoms with Crippen LogP contribution in [0.4, 0.5) is 0 Å². The molecule has 0 saturated carbocycles. The Balaban J connectivity index is 2.57. The highest BCUT2D eigenvalue weighted by molar-refractivity contribution is 6.41. The molecule has 0 aliphatic rings. The fourth-order valence-corrected chi connectivity index (χ4v) is 1.20. The van der Waals surface area contributed by atoms with E-state index in [1.807, 2.05) is 12.2 Å². The Bertz CT molecular complexity index is 391. The molecule has 0 bridgehead atoms. The molecule has 0 unspecified atom stereocenters. The third-order valence-corrected chi connectivity index (χ3v) is 2.28. The predicted octanol–water partition coefficient (Wildman–Crippen LogP) is 2.54. The minimum atomic E-state index is -0.0630. The summed E-state index contributed by atoms with van der Waals surface area (Å²) in [6, 6.07) is 1.71. The highest BCUT2D eigenvalue weighted by atomic mass is 35.5. The number of carbonyl (C=O) groups excluding carboxylic acids is 1. The van der Waals surface area contributed by atoms with E-state index in [4.69, 9.17) is 23.2 Å². The van der Waals surface area contributed by atoms with Crippen LogP contribution in [0.5, 0.6) is 0 Å². The molecule has 1 rings (SSSR count). The zero-order valence-corrected chi connectivity index (χ0v) is 9.64. The van der Waals surface area contributed by atoms with E-state index in [1.165, 1.54) is 6.92 Å². The monoisotopic (exact) mass is 244 g/mol.